The highest BCUT2D eigenvalue weighted by atomic mass is 35.5. The summed E-state index contributed by atoms with van der Waals surface area (Å²) in [6, 6.07) is 5.35. The highest BCUT2D eigenvalue weighted by molar-refractivity contribution is 7.98. The number of hydrogen-bond acceptors (Lipinski definition) is 6. The van der Waals surface area contributed by atoms with Gasteiger partial charge >= 0.3 is 0 Å². The van der Waals surface area contributed by atoms with Crippen molar-refractivity contribution in [1.29, 1.82) is 0 Å². The van der Waals surface area contributed by atoms with Gasteiger partial charge in [-0.3, -0.25) is 4.79 Å². The van der Waals surface area contributed by atoms with E-state index in [9.17, 15) is 4.79 Å². The molecule has 1 heterocycles. The lowest BCUT2D eigenvalue weighted by molar-refractivity contribution is 0.317. The summed E-state index contributed by atoms with van der Waals surface area (Å²) in [5.74, 6) is 0.633. The van der Waals surface area contributed by atoms with E-state index in [2.05, 4.69) is 15.3 Å². The standard InChI is InChI=1S/C15H17ClN4O2S/c1-4-7-22-13-6-5-11(8-12(13)16)9-17-20-14(21)10(2)18-19-15(20)23-3/h5-6,8-9H,4,7H2,1-3H3/b17-9-. The van der Waals surface area contributed by atoms with E-state index in [-0.39, 0.29) is 5.56 Å². The molecule has 1 aromatic heterocycles. The lowest BCUT2D eigenvalue weighted by Gasteiger charge is -2.07. The van der Waals surface area contributed by atoms with Crippen molar-refractivity contribution in [2.24, 2.45) is 5.10 Å². The largest absolute Gasteiger partial charge is 0.492 e. The van der Waals surface area contributed by atoms with E-state index in [4.69, 9.17) is 16.3 Å². The van der Waals surface area contributed by atoms with Crippen LogP contribution in [0.1, 0.15) is 24.6 Å². The molecule has 0 aliphatic heterocycles. The summed E-state index contributed by atoms with van der Waals surface area (Å²) in [6.45, 7) is 4.24. The zero-order valence-corrected chi connectivity index (χ0v) is 14.7. The first-order valence-electron chi connectivity index (χ1n) is 7.03. The second-order valence-corrected chi connectivity index (χ2v) is 5.85. The number of halogens is 1. The zero-order chi connectivity index (χ0) is 16.8. The van der Waals surface area contributed by atoms with Crippen molar-refractivity contribution in [2.45, 2.75) is 25.4 Å². The summed E-state index contributed by atoms with van der Waals surface area (Å²) in [4.78, 5) is 12.1. The Morgan fingerprint density at radius 2 is 2.22 bits per heavy atom. The highest BCUT2D eigenvalue weighted by Gasteiger charge is 2.07. The Bertz CT molecular complexity index is 777. The number of benzene rings is 1. The van der Waals surface area contributed by atoms with Crippen molar-refractivity contribution in [3.8, 4) is 5.75 Å². The third kappa shape index (κ3) is 4.33. The van der Waals surface area contributed by atoms with Crippen molar-refractivity contribution in [2.75, 3.05) is 12.9 Å². The van der Waals surface area contributed by atoms with Crippen LogP contribution in [-0.2, 0) is 0 Å². The molecule has 0 unspecified atom stereocenters. The molecule has 122 valence electrons. The number of ether oxygens (including phenoxy) is 1. The molecule has 0 saturated carbocycles. The van der Waals surface area contributed by atoms with Gasteiger partial charge in [0.15, 0.2) is 0 Å². The first-order valence-corrected chi connectivity index (χ1v) is 8.64. The van der Waals surface area contributed by atoms with Gasteiger partial charge in [0.2, 0.25) is 5.16 Å². The van der Waals surface area contributed by atoms with E-state index in [0.29, 0.717) is 28.2 Å². The summed E-state index contributed by atoms with van der Waals surface area (Å²) in [5.41, 5.74) is 0.753. The number of nitrogens with zero attached hydrogens (tertiary/aromatic N) is 4. The summed E-state index contributed by atoms with van der Waals surface area (Å²) >= 11 is 7.48. The molecule has 2 aromatic rings. The van der Waals surface area contributed by atoms with Crippen molar-refractivity contribution >= 4 is 29.6 Å². The first-order chi connectivity index (χ1) is 11.1. The van der Waals surface area contributed by atoms with Crippen molar-refractivity contribution in [1.82, 2.24) is 14.9 Å². The smallest absolute Gasteiger partial charge is 0.296 e. The Morgan fingerprint density at radius 3 is 2.87 bits per heavy atom. The number of aryl methyl sites for hydroxylation is 1. The average molecular weight is 353 g/mol. The minimum atomic E-state index is -0.297. The molecule has 0 bridgehead atoms. The monoisotopic (exact) mass is 352 g/mol. The molecule has 0 atom stereocenters. The normalized spacial score (nSPS) is 11.1. The maximum absolute atomic E-state index is 12.1. The van der Waals surface area contributed by atoms with Gasteiger partial charge < -0.3 is 4.74 Å². The molecule has 2 rings (SSSR count). The molecule has 0 spiro atoms. The Labute approximate surface area is 143 Å². The fourth-order valence-electron chi connectivity index (χ4n) is 1.72. The van der Waals surface area contributed by atoms with Gasteiger partial charge in [-0.2, -0.15) is 9.78 Å². The number of aromatic nitrogens is 3. The fourth-order valence-corrected chi connectivity index (χ4v) is 2.39. The minimum absolute atomic E-state index is 0.293. The van der Waals surface area contributed by atoms with Crippen LogP contribution in [0, 0.1) is 6.92 Å². The number of hydrogen-bond donors (Lipinski definition) is 0. The molecule has 0 N–H and O–H groups in total. The van der Waals surface area contributed by atoms with Crippen LogP contribution in [0.5, 0.6) is 5.75 Å². The van der Waals surface area contributed by atoms with Gasteiger partial charge in [-0.1, -0.05) is 30.3 Å². The molecule has 0 aliphatic carbocycles. The fraction of sp³-hybridized carbons (Fsp3) is 0.333. The van der Waals surface area contributed by atoms with Crippen molar-refractivity contribution in [3.63, 3.8) is 0 Å². The predicted molar refractivity (Wildman–Crippen MR) is 93.0 cm³/mol. The van der Waals surface area contributed by atoms with Crippen LogP contribution < -0.4 is 10.3 Å². The van der Waals surface area contributed by atoms with E-state index in [1.807, 2.05) is 19.2 Å². The third-order valence-electron chi connectivity index (χ3n) is 2.89. The van der Waals surface area contributed by atoms with E-state index < -0.39 is 0 Å². The SMILES string of the molecule is CCCOc1ccc(/C=N\n2c(SC)nnc(C)c2=O)cc1Cl. The molecule has 0 amide bonds. The molecule has 6 nitrogen and oxygen atoms in total. The zero-order valence-electron chi connectivity index (χ0n) is 13.1. The Balaban J connectivity index is 2.29. The molecule has 0 fully saturated rings. The van der Waals surface area contributed by atoms with Crippen LogP contribution in [0.25, 0.3) is 0 Å². The van der Waals surface area contributed by atoms with Crippen LogP contribution >= 0.6 is 23.4 Å². The molecule has 0 radical (unpaired) electrons. The molecule has 0 aliphatic rings. The van der Waals surface area contributed by atoms with Crippen LogP contribution in [0.15, 0.2) is 33.3 Å². The number of thioether (sulfide) groups is 1. The van der Waals surface area contributed by atoms with E-state index in [1.54, 1.807) is 25.3 Å². The van der Waals surface area contributed by atoms with Crippen LogP contribution in [-0.4, -0.2) is 34.0 Å². The second kappa shape index (κ2) is 8.12. The van der Waals surface area contributed by atoms with Gasteiger partial charge in [0, 0.05) is 0 Å². The molecular formula is C15H17ClN4O2S. The summed E-state index contributed by atoms with van der Waals surface area (Å²) < 4.78 is 6.75. The van der Waals surface area contributed by atoms with Crippen LogP contribution in [0.2, 0.25) is 5.02 Å². The summed E-state index contributed by atoms with van der Waals surface area (Å²) in [5, 5.41) is 12.9. The van der Waals surface area contributed by atoms with Crippen molar-refractivity contribution < 1.29 is 4.74 Å². The Morgan fingerprint density at radius 1 is 1.43 bits per heavy atom. The molecule has 23 heavy (non-hydrogen) atoms. The quantitative estimate of drug-likeness (QED) is 0.590. The van der Waals surface area contributed by atoms with Gasteiger partial charge in [0.25, 0.3) is 5.56 Å². The molecule has 1 aromatic carbocycles. The minimum Gasteiger partial charge on any atom is -0.492 e. The van der Waals surface area contributed by atoms with Crippen LogP contribution in [0.3, 0.4) is 0 Å². The topological polar surface area (TPSA) is 69.4 Å². The summed E-state index contributed by atoms with van der Waals surface area (Å²) in [6.07, 6.45) is 4.27. The molecular weight excluding hydrogens is 336 g/mol. The van der Waals surface area contributed by atoms with Gasteiger partial charge in [-0.25, -0.2) is 0 Å². The maximum atomic E-state index is 12.1. The van der Waals surface area contributed by atoms with Gasteiger partial charge in [0.05, 0.1) is 17.8 Å². The van der Waals surface area contributed by atoms with E-state index in [1.165, 1.54) is 16.4 Å². The molecule has 8 heteroatoms. The van der Waals surface area contributed by atoms with Crippen molar-refractivity contribution in [3.05, 3.63) is 44.8 Å². The Kier molecular flexibility index (Phi) is 6.18. The lowest BCUT2D eigenvalue weighted by atomic mass is 10.2. The Hall–Kier alpha value is -1.86. The lowest BCUT2D eigenvalue weighted by Crippen LogP contribution is -2.23. The number of rotatable bonds is 6. The van der Waals surface area contributed by atoms with Crippen LogP contribution in [0.4, 0.5) is 0 Å². The van der Waals surface area contributed by atoms with Gasteiger partial charge in [-0.05, 0) is 43.4 Å². The first kappa shape index (κ1) is 17.5. The highest BCUT2D eigenvalue weighted by Crippen LogP contribution is 2.25. The average Bonchev–Trinajstić information content (AvgIpc) is 2.55. The van der Waals surface area contributed by atoms with E-state index in [0.717, 1.165) is 12.0 Å². The summed E-state index contributed by atoms with van der Waals surface area (Å²) in [7, 11) is 0. The van der Waals surface area contributed by atoms with Gasteiger partial charge in [0.1, 0.15) is 11.4 Å². The maximum Gasteiger partial charge on any atom is 0.296 e. The van der Waals surface area contributed by atoms with Gasteiger partial charge in [-0.15, -0.1) is 10.2 Å². The molecule has 0 saturated heterocycles. The second-order valence-electron chi connectivity index (χ2n) is 4.67. The third-order valence-corrected chi connectivity index (χ3v) is 3.81. The predicted octanol–water partition coefficient (Wildman–Crippen LogP) is 2.99. The van der Waals surface area contributed by atoms with E-state index >= 15 is 0 Å².